The van der Waals surface area contributed by atoms with E-state index in [2.05, 4.69) is 15.9 Å². The Morgan fingerprint density at radius 1 is 1.37 bits per heavy atom. The first-order valence-corrected chi connectivity index (χ1v) is 7.61. The molecule has 0 spiro atoms. The molecule has 0 unspecified atom stereocenters. The maximum Gasteiger partial charge on any atom is 0.241 e. The molecule has 1 aliphatic carbocycles. The third-order valence-corrected chi connectivity index (χ3v) is 4.66. The van der Waals surface area contributed by atoms with Crippen molar-refractivity contribution in [2.45, 2.75) is 32.1 Å². The zero-order valence-corrected chi connectivity index (χ0v) is 12.8. The Labute approximate surface area is 125 Å². The van der Waals surface area contributed by atoms with Crippen molar-refractivity contribution in [2.24, 2.45) is 11.8 Å². The monoisotopic (exact) mass is 352 g/mol. The molecule has 106 valence electrons. The highest BCUT2D eigenvalue weighted by Gasteiger charge is 2.42. The van der Waals surface area contributed by atoms with Crippen LogP contribution in [0.15, 0.2) is 22.7 Å². The van der Waals surface area contributed by atoms with Crippen molar-refractivity contribution in [1.82, 2.24) is 0 Å². The van der Waals surface area contributed by atoms with E-state index in [0.29, 0.717) is 18.1 Å². The molecule has 0 radical (unpaired) electrons. The minimum atomic E-state index is -2.13. The van der Waals surface area contributed by atoms with Gasteiger partial charge >= 0.3 is 0 Å². The molecule has 0 aromatic heterocycles. The molecule has 0 aliphatic heterocycles. The van der Waals surface area contributed by atoms with E-state index >= 15 is 0 Å². The lowest BCUT2D eigenvalue weighted by Crippen LogP contribution is -1.99. The van der Waals surface area contributed by atoms with Crippen LogP contribution in [-0.2, 0) is 0 Å². The summed E-state index contributed by atoms with van der Waals surface area (Å²) in [6.45, 7) is 0.601. The molecule has 0 bridgehead atoms. The minimum absolute atomic E-state index is 0.238. The highest BCUT2D eigenvalue weighted by atomic mass is 79.9. The second kappa shape index (κ2) is 6.89. The molecule has 0 saturated heterocycles. The second-order valence-electron chi connectivity index (χ2n) is 4.91. The molecule has 0 N–H and O–H groups in total. The maximum atomic E-state index is 12.3. The molecule has 0 heterocycles. The van der Waals surface area contributed by atoms with Gasteiger partial charge in [0.2, 0.25) is 6.43 Å². The fourth-order valence-electron chi connectivity index (χ4n) is 2.18. The third kappa shape index (κ3) is 4.60. The van der Waals surface area contributed by atoms with Gasteiger partial charge in [0.05, 0.1) is 11.6 Å². The van der Waals surface area contributed by atoms with Crippen LogP contribution in [0.3, 0.4) is 0 Å². The van der Waals surface area contributed by atoms with E-state index in [-0.39, 0.29) is 11.8 Å². The third-order valence-electron chi connectivity index (χ3n) is 3.43. The Kier molecular flexibility index (Phi) is 5.46. The number of ether oxygens (including phenoxy) is 1. The quantitative estimate of drug-likeness (QED) is 0.584. The summed E-state index contributed by atoms with van der Waals surface area (Å²) in [5, 5.41) is 0.621. The molecule has 2 atom stereocenters. The normalized spacial score (nSPS) is 21.7. The number of hydrogen-bond acceptors (Lipinski definition) is 1. The zero-order chi connectivity index (χ0) is 13.8. The summed E-state index contributed by atoms with van der Waals surface area (Å²) in [6, 6.07) is 5.46. The van der Waals surface area contributed by atoms with Gasteiger partial charge in [-0.15, -0.1) is 0 Å². The molecule has 0 amide bonds. The lowest BCUT2D eigenvalue weighted by atomic mass is 10.1. The molecule has 1 aromatic rings. The van der Waals surface area contributed by atoms with Crippen molar-refractivity contribution in [3.8, 4) is 5.75 Å². The average molecular weight is 354 g/mol. The number of unbranched alkanes of at least 4 members (excludes halogenated alkanes) is 1. The lowest BCUT2D eigenvalue weighted by molar-refractivity contribution is 0.115. The fourth-order valence-corrected chi connectivity index (χ4v) is 2.59. The van der Waals surface area contributed by atoms with Gasteiger partial charge in [-0.05, 0) is 65.7 Å². The van der Waals surface area contributed by atoms with Crippen molar-refractivity contribution in [1.29, 1.82) is 0 Å². The molecule has 1 nitrogen and oxygen atoms in total. The number of hydrogen-bond donors (Lipinski definition) is 0. The predicted molar refractivity (Wildman–Crippen MR) is 76.1 cm³/mol. The van der Waals surface area contributed by atoms with Crippen molar-refractivity contribution >= 4 is 27.5 Å². The van der Waals surface area contributed by atoms with Crippen molar-refractivity contribution in [2.75, 3.05) is 6.61 Å². The van der Waals surface area contributed by atoms with Gasteiger partial charge in [-0.1, -0.05) is 11.6 Å². The van der Waals surface area contributed by atoms with Gasteiger partial charge in [-0.2, -0.15) is 0 Å². The molecular formula is C14H16BrClF2O. The van der Waals surface area contributed by atoms with Gasteiger partial charge in [0.15, 0.2) is 0 Å². The standard InChI is InChI=1S/C14H16BrClF2O/c15-12-5-4-10(8-13(12)16)19-6-2-1-3-9-7-11(9)14(17)18/h4-5,8-9,11,14H,1-3,6-7H2/t9-,11-/m0/s1. The smallest absolute Gasteiger partial charge is 0.241 e. The van der Waals surface area contributed by atoms with Gasteiger partial charge in [0, 0.05) is 10.4 Å². The van der Waals surface area contributed by atoms with E-state index in [0.717, 1.165) is 29.5 Å². The van der Waals surface area contributed by atoms with Gasteiger partial charge in [0.25, 0.3) is 0 Å². The Morgan fingerprint density at radius 3 is 2.79 bits per heavy atom. The highest BCUT2D eigenvalue weighted by Crippen LogP contribution is 2.46. The second-order valence-corrected chi connectivity index (χ2v) is 6.18. The summed E-state index contributed by atoms with van der Waals surface area (Å²) < 4.78 is 31.0. The summed E-state index contributed by atoms with van der Waals surface area (Å²) >= 11 is 9.27. The Balaban J connectivity index is 1.58. The van der Waals surface area contributed by atoms with Crippen LogP contribution in [0.25, 0.3) is 0 Å². The van der Waals surface area contributed by atoms with E-state index in [4.69, 9.17) is 16.3 Å². The van der Waals surface area contributed by atoms with Crippen LogP contribution in [0.1, 0.15) is 25.7 Å². The van der Waals surface area contributed by atoms with Crippen molar-refractivity contribution in [3.63, 3.8) is 0 Å². The van der Waals surface area contributed by atoms with Crippen molar-refractivity contribution in [3.05, 3.63) is 27.7 Å². The average Bonchev–Trinajstić information content (AvgIpc) is 3.13. The molecule has 2 rings (SSSR count). The van der Waals surface area contributed by atoms with E-state index in [1.807, 2.05) is 12.1 Å². The molecular weight excluding hydrogens is 338 g/mol. The number of benzene rings is 1. The van der Waals surface area contributed by atoms with Crippen LogP contribution >= 0.6 is 27.5 Å². The maximum absolute atomic E-state index is 12.3. The zero-order valence-electron chi connectivity index (χ0n) is 10.4. The van der Waals surface area contributed by atoms with Crippen LogP contribution in [0.4, 0.5) is 8.78 Å². The summed E-state index contributed by atoms with van der Waals surface area (Å²) in [7, 11) is 0. The summed E-state index contributed by atoms with van der Waals surface area (Å²) in [5.74, 6) is 0.637. The lowest BCUT2D eigenvalue weighted by Gasteiger charge is -2.07. The Bertz CT molecular complexity index is 428. The van der Waals surface area contributed by atoms with E-state index in [1.54, 1.807) is 6.07 Å². The van der Waals surface area contributed by atoms with E-state index in [1.165, 1.54) is 0 Å². The van der Waals surface area contributed by atoms with Crippen molar-refractivity contribution < 1.29 is 13.5 Å². The topological polar surface area (TPSA) is 9.23 Å². The fraction of sp³-hybridized carbons (Fsp3) is 0.571. The summed E-state index contributed by atoms with van der Waals surface area (Å²) in [4.78, 5) is 0. The molecule has 19 heavy (non-hydrogen) atoms. The largest absolute Gasteiger partial charge is 0.494 e. The van der Waals surface area contributed by atoms with Crippen LogP contribution in [0.2, 0.25) is 5.02 Å². The van der Waals surface area contributed by atoms with Crippen LogP contribution < -0.4 is 4.74 Å². The molecule has 5 heteroatoms. The minimum Gasteiger partial charge on any atom is -0.494 e. The first-order valence-electron chi connectivity index (χ1n) is 6.44. The highest BCUT2D eigenvalue weighted by molar-refractivity contribution is 9.10. The molecule has 1 fully saturated rings. The Hall–Kier alpha value is -0.350. The van der Waals surface area contributed by atoms with E-state index < -0.39 is 6.43 Å². The summed E-state index contributed by atoms with van der Waals surface area (Å²) in [6.07, 6.45) is 1.28. The Morgan fingerprint density at radius 2 is 2.16 bits per heavy atom. The predicted octanol–water partition coefficient (Wildman–Crippen LogP) is 5.55. The number of halogens is 4. The molecule has 1 aliphatic rings. The van der Waals surface area contributed by atoms with Crippen LogP contribution in [0.5, 0.6) is 5.75 Å². The van der Waals surface area contributed by atoms with Gasteiger partial charge in [-0.25, -0.2) is 8.78 Å². The SMILES string of the molecule is FC(F)[C@H]1C[C@@H]1CCCCOc1ccc(Br)c(Cl)c1. The molecule has 1 aromatic carbocycles. The number of rotatable bonds is 7. The van der Waals surface area contributed by atoms with E-state index in [9.17, 15) is 8.78 Å². The van der Waals surface area contributed by atoms with Gasteiger partial charge in [0.1, 0.15) is 5.75 Å². The first-order chi connectivity index (χ1) is 9.08. The van der Waals surface area contributed by atoms with Crippen LogP contribution in [-0.4, -0.2) is 13.0 Å². The first kappa shape index (κ1) is 15.0. The van der Waals surface area contributed by atoms with Gasteiger partial charge < -0.3 is 4.74 Å². The summed E-state index contributed by atoms with van der Waals surface area (Å²) in [5.41, 5.74) is 0. The molecule has 1 saturated carbocycles. The van der Waals surface area contributed by atoms with Gasteiger partial charge in [-0.3, -0.25) is 0 Å². The van der Waals surface area contributed by atoms with Crippen LogP contribution in [0, 0.1) is 11.8 Å². The number of alkyl halides is 2.